The first-order chi connectivity index (χ1) is 11.0. The zero-order valence-corrected chi connectivity index (χ0v) is 13.2. The number of carbonyl (C=O) groups excluding carboxylic acids is 1. The molecule has 2 aromatic rings. The maximum Gasteiger partial charge on any atom is 0.337 e. The Hall–Kier alpha value is -2.53. The molecule has 5 nitrogen and oxygen atoms in total. The monoisotopic (exact) mass is 316 g/mol. The molecule has 2 N–H and O–H groups in total. The molecule has 0 aliphatic carbocycles. The zero-order chi connectivity index (χ0) is 16.8. The lowest BCUT2D eigenvalue weighted by Crippen LogP contribution is -2.03. The number of benzene rings is 2. The van der Waals surface area contributed by atoms with Crippen molar-refractivity contribution in [1.29, 1.82) is 0 Å². The number of ether oxygens (including phenoxy) is 2. The second kappa shape index (κ2) is 7.65. The number of aliphatic hydroxyl groups is 1. The van der Waals surface area contributed by atoms with Gasteiger partial charge in [0.2, 0.25) is 0 Å². The van der Waals surface area contributed by atoms with E-state index in [0.29, 0.717) is 24.0 Å². The SMILES string of the molecule is COC(=O)c1ccc(O)c(CCC(O)c2ccc(OC)cc2)c1. The average Bonchev–Trinajstić information content (AvgIpc) is 2.60. The molecule has 5 heteroatoms. The molecule has 23 heavy (non-hydrogen) atoms. The van der Waals surface area contributed by atoms with Crippen LogP contribution in [0.1, 0.15) is 34.0 Å². The van der Waals surface area contributed by atoms with E-state index in [9.17, 15) is 15.0 Å². The largest absolute Gasteiger partial charge is 0.508 e. The third-order valence-electron chi connectivity index (χ3n) is 3.69. The second-order valence-electron chi connectivity index (χ2n) is 5.16. The molecule has 0 fully saturated rings. The van der Waals surface area contributed by atoms with E-state index in [1.165, 1.54) is 19.2 Å². The van der Waals surface area contributed by atoms with Gasteiger partial charge in [0.15, 0.2) is 0 Å². The van der Waals surface area contributed by atoms with Gasteiger partial charge in [-0.2, -0.15) is 0 Å². The fourth-order valence-corrected chi connectivity index (χ4v) is 2.32. The lowest BCUT2D eigenvalue weighted by Gasteiger charge is -2.13. The number of methoxy groups -OCH3 is 2. The normalized spacial score (nSPS) is 11.8. The molecule has 0 aliphatic rings. The van der Waals surface area contributed by atoms with Crippen LogP contribution in [-0.2, 0) is 11.2 Å². The molecule has 0 bridgehead atoms. The lowest BCUT2D eigenvalue weighted by atomic mass is 9.99. The fraction of sp³-hybridized carbons (Fsp3) is 0.278. The fourth-order valence-electron chi connectivity index (χ4n) is 2.32. The van der Waals surface area contributed by atoms with Gasteiger partial charge in [-0.1, -0.05) is 12.1 Å². The van der Waals surface area contributed by atoms with Crippen molar-refractivity contribution in [3.8, 4) is 11.5 Å². The van der Waals surface area contributed by atoms with Crippen molar-refractivity contribution in [2.75, 3.05) is 14.2 Å². The van der Waals surface area contributed by atoms with Crippen LogP contribution >= 0.6 is 0 Å². The summed E-state index contributed by atoms with van der Waals surface area (Å²) < 4.78 is 9.75. The van der Waals surface area contributed by atoms with Gasteiger partial charge in [0.1, 0.15) is 11.5 Å². The summed E-state index contributed by atoms with van der Waals surface area (Å²) in [5.41, 5.74) is 1.74. The molecule has 122 valence electrons. The van der Waals surface area contributed by atoms with E-state index in [4.69, 9.17) is 4.74 Å². The third-order valence-corrected chi connectivity index (χ3v) is 3.69. The van der Waals surface area contributed by atoms with Gasteiger partial charge in [0.25, 0.3) is 0 Å². The summed E-state index contributed by atoms with van der Waals surface area (Å²) in [5, 5.41) is 20.1. The summed E-state index contributed by atoms with van der Waals surface area (Å²) in [6.07, 6.45) is 0.191. The Labute approximate surface area is 135 Å². The highest BCUT2D eigenvalue weighted by Gasteiger charge is 2.12. The lowest BCUT2D eigenvalue weighted by molar-refractivity contribution is 0.0600. The van der Waals surface area contributed by atoms with Crippen molar-refractivity contribution < 1.29 is 24.5 Å². The van der Waals surface area contributed by atoms with Crippen molar-refractivity contribution in [2.45, 2.75) is 18.9 Å². The topological polar surface area (TPSA) is 76.0 Å². The maximum atomic E-state index is 11.5. The van der Waals surface area contributed by atoms with Crippen LogP contribution in [0.2, 0.25) is 0 Å². The number of hydrogen-bond donors (Lipinski definition) is 2. The van der Waals surface area contributed by atoms with Crippen LogP contribution in [0.4, 0.5) is 0 Å². The first-order valence-electron chi connectivity index (χ1n) is 7.27. The first-order valence-corrected chi connectivity index (χ1v) is 7.27. The van der Waals surface area contributed by atoms with Gasteiger partial charge < -0.3 is 19.7 Å². The minimum Gasteiger partial charge on any atom is -0.508 e. The standard InChI is InChI=1S/C18H20O5/c1-22-15-7-3-12(4-8-15)16(19)9-5-13-11-14(18(21)23-2)6-10-17(13)20/h3-4,6-8,10-11,16,19-20H,5,9H2,1-2H3. The zero-order valence-electron chi connectivity index (χ0n) is 13.2. The smallest absolute Gasteiger partial charge is 0.337 e. The van der Waals surface area contributed by atoms with Crippen LogP contribution in [0.15, 0.2) is 42.5 Å². The van der Waals surface area contributed by atoms with E-state index in [1.807, 2.05) is 0 Å². The molecule has 1 atom stereocenters. The Balaban J connectivity index is 2.05. The molecule has 0 saturated heterocycles. The highest BCUT2D eigenvalue weighted by Crippen LogP contribution is 2.25. The van der Waals surface area contributed by atoms with Crippen LogP contribution in [0.5, 0.6) is 11.5 Å². The Bertz CT molecular complexity index is 664. The Morgan fingerprint density at radius 2 is 1.83 bits per heavy atom. The third kappa shape index (κ3) is 4.23. The molecular weight excluding hydrogens is 296 g/mol. The first kappa shape index (κ1) is 16.8. The van der Waals surface area contributed by atoms with Crippen LogP contribution in [0.3, 0.4) is 0 Å². The predicted molar refractivity (Wildman–Crippen MR) is 85.7 cm³/mol. The molecule has 2 rings (SSSR count). The van der Waals surface area contributed by atoms with Crippen molar-refractivity contribution in [3.05, 3.63) is 59.2 Å². The highest BCUT2D eigenvalue weighted by molar-refractivity contribution is 5.89. The number of aromatic hydroxyl groups is 1. The summed E-state index contributed by atoms with van der Waals surface area (Å²) in [4.78, 5) is 11.5. The van der Waals surface area contributed by atoms with E-state index < -0.39 is 12.1 Å². The average molecular weight is 316 g/mol. The van der Waals surface area contributed by atoms with Gasteiger partial charge in [0.05, 0.1) is 25.9 Å². The summed E-state index contributed by atoms with van der Waals surface area (Å²) in [6.45, 7) is 0. The molecule has 2 aromatic carbocycles. The number of carbonyl (C=O) groups is 1. The molecule has 0 amide bonds. The summed E-state index contributed by atoms with van der Waals surface area (Å²) in [5.74, 6) is 0.367. The van der Waals surface area contributed by atoms with E-state index >= 15 is 0 Å². The molecular formula is C18H20O5. The summed E-state index contributed by atoms with van der Waals surface area (Å²) >= 11 is 0. The predicted octanol–water partition coefficient (Wildman–Crippen LogP) is 2.85. The molecule has 0 aliphatic heterocycles. The Kier molecular flexibility index (Phi) is 5.60. The minimum absolute atomic E-state index is 0.0968. The van der Waals surface area contributed by atoms with Gasteiger partial charge >= 0.3 is 5.97 Å². The second-order valence-corrected chi connectivity index (χ2v) is 5.16. The van der Waals surface area contributed by atoms with Gasteiger partial charge in [-0.15, -0.1) is 0 Å². The van der Waals surface area contributed by atoms with Gasteiger partial charge in [0, 0.05) is 0 Å². The van der Waals surface area contributed by atoms with Crippen molar-refractivity contribution in [3.63, 3.8) is 0 Å². The van der Waals surface area contributed by atoms with E-state index in [0.717, 1.165) is 11.3 Å². The molecule has 1 unspecified atom stereocenters. The van der Waals surface area contributed by atoms with Crippen molar-refractivity contribution in [2.24, 2.45) is 0 Å². The van der Waals surface area contributed by atoms with E-state index in [2.05, 4.69) is 4.74 Å². The van der Waals surface area contributed by atoms with Crippen molar-refractivity contribution in [1.82, 2.24) is 0 Å². The van der Waals surface area contributed by atoms with Crippen LogP contribution < -0.4 is 4.74 Å². The Morgan fingerprint density at radius 3 is 2.43 bits per heavy atom. The van der Waals surface area contributed by atoms with Crippen LogP contribution in [-0.4, -0.2) is 30.4 Å². The maximum absolute atomic E-state index is 11.5. The number of phenols is 1. The molecule has 0 heterocycles. The molecule has 0 aromatic heterocycles. The van der Waals surface area contributed by atoms with Gasteiger partial charge in [-0.3, -0.25) is 0 Å². The molecule has 0 radical (unpaired) electrons. The Morgan fingerprint density at radius 1 is 1.13 bits per heavy atom. The van der Waals surface area contributed by atoms with E-state index in [-0.39, 0.29) is 5.75 Å². The minimum atomic E-state index is -0.665. The van der Waals surface area contributed by atoms with Gasteiger partial charge in [-0.25, -0.2) is 4.79 Å². The summed E-state index contributed by atoms with van der Waals surface area (Å²) in [6, 6.07) is 11.7. The van der Waals surface area contributed by atoms with Crippen LogP contribution in [0.25, 0.3) is 0 Å². The number of phenolic OH excluding ortho intramolecular Hbond substituents is 1. The number of esters is 1. The quantitative estimate of drug-likeness (QED) is 0.802. The van der Waals surface area contributed by atoms with E-state index in [1.54, 1.807) is 37.4 Å². The molecule has 0 saturated carbocycles. The number of aryl methyl sites for hydroxylation is 1. The van der Waals surface area contributed by atoms with Crippen molar-refractivity contribution >= 4 is 5.97 Å². The van der Waals surface area contributed by atoms with Gasteiger partial charge in [-0.05, 0) is 54.3 Å². The number of rotatable bonds is 6. The summed E-state index contributed by atoms with van der Waals surface area (Å²) in [7, 11) is 2.89. The molecule has 0 spiro atoms. The van der Waals surface area contributed by atoms with Crippen LogP contribution in [0, 0.1) is 0 Å². The number of aliphatic hydroxyl groups excluding tert-OH is 1. The highest BCUT2D eigenvalue weighted by atomic mass is 16.5. The number of hydrogen-bond acceptors (Lipinski definition) is 5.